The molecule has 0 aliphatic carbocycles. The Morgan fingerprint density at radius 3 is 2.04 bits per heavy atom. The second-order valence-electron chi connectivity index (χ2n) is 5.28. The van der Waals surface area contributed by atoms with Gasteiger partial charge in [0, 0.05) is 5.56 Å². The van der Waals surface area contributed by atoms with Crippen molar-refractivity contribution in [2.75, 3.05) is 0 Å². The summed E-state index contributed by atoms with van der Waals surface area (Å²) in [7, 11) is -5.65. The number of aromatic nitrogens is 1. The van der Waals surface area contributed by atoms with Crippen molar-refractivity contribution in [1.29, 1.82) is 0 Å². The molecular weight excluding hydrogens is 367 g/mol. The van der Waals surface area contributed by atoms with Crippen molar-refractivity contribution in [3.8, 4) is 11.3 Å². The Morgan fingerprint density at radius 1 is 0.885 bits per heavy atom. The van der Waals surface area contributed by atoms with Gasteiger partial charge in [-0.25, -0.2) is 8.42 Å². The van der Waals surface area contributed by atoms with Crippen LogP contribution >= 0.6 is 0 Å². The summed E-state index contributed by atoms with van der Waals surface area (Å²) >= 11 is 0. The lowest BCUT2D eigenvalue weighted by atomic mass is 10.1. The van der Waals surface area contributed by atoms with Crippen LogP contribution in [0, 0.1) is 0 Å². The number of sulfone groups is 1. The minimum Gasteiger partial charge on any atom is -0.355 e. The lowest BCUT2D eigenvalue weighted by Gasteiger charge is -2.08. The maximum Gasteiger partial charge on any atom is 0.502 e. The van der Waals surface area contributed by atoms with E-state index in [1.54, 1.807) is 48.5 Å². The van der Waals surface area contributed by atoms with Crippen molar-refractivity contribution in [1.82, 2.24) is 5.16 Å². The highest BCUT2D eigenvalue weighted by Crippen LogP contribution is 2.38. The quantitative estimate of drug-likeness (QED) is 0.653. The molecule has 0 fully saturated rings. The third kappa shape index (κ3) is 3.41. The van der Waals surface area contributed by atoms with E-state index >= 15 is 0 Å². The van der Waals surface area contributed by atoms with E-state index < -0.39 is 26.0 Å². The van der Waals surface area contributed by atoms with Gasteiger partial charge in [-0.3, -0.25) is 0 Å². The van der Waals surface area contributed by atoms with Crippen LogP contribution in [0.4, 0.5) is 13.2 Å². The molecule has 0 unspecified atom stereocenters. The molecule has 0 amide bonds. The van der Waals surface area contributed by atoms with Gasteiger partial charge in [0.15, 0.2) is 10.7 Å². The van der Waals surface area contributed by atoms with Crippen molar-refractivity contribution >= 4 is 22.0 Å². The molecule has 0 saturated carbocycles. The number of hydrogen-bond acceptors (Lipinski definition) is 4. The predicted octanol–water partition coefficient (Wildman–Crippen LogP) is 4.81. The first-order valence-electron chi connectivity index (χ1n) is 7.40. The fourth-order valence-corrected chi connectivity index (χ4v) is 3.30. The summed E-state index contributed by atoms with van der Waals surface area (Å²) in [6, 6.07) is 16.4. The Kier molecular flexibility index (Phi) is 4.69. The fraction of sp³-hybridized carbons (Fsp3) is 0.0556. The van der Waals surface area contributed by atoms with Gasteiger partial charge in [-0.15, -0.1) is 0 Å². The molecule has 0 atom stereocenters. The number of rotatable bonds is 4. The highest BCUT2D eigenvalue weighted by Gasteiger charge is 2.50. The zero-order chi connectivity index (χ0) is 18.8. The van der Waals surface area contributed by atoms with Gasteiger partial charge < -0.3 is 4.52 Å². The summed E-state index contributed by atoms with van der Waals surface area (Å²) in [4.78, 5) is -0.997. The molecule has 1 aromatic heterocycles. The maximum atomic E-state index is 13.2. The summed E-state index contributed by atoms with van der Waals surface area (Å²) in [5.41, 5.74) is -4.98. The maximum absolute atomic E-state index is 13.2. The SMILES string of the molecule is O=S(=O)(c1c(-c2ccccc2)noc1/C=C/c1ccccc1)C(F)(F)F. The monoisotopic (exact) mass is 379 g/mol. The van der Waals surface area contributed by atoms with Crippen molar-refractivity contribution in [3.63, 3.8) is 0 Å². The van der Waals surface area contributed by atoms with Gasteiger partial charge >= 0.3 is 5.51 Å². The zero-order valence-electron chi connectivity index (χ0n) is 13.1. The molecule has 0 bridgehead atoms. The first-order chi connectivity index (χ1) is 12.3. The fourth-order valence-electron chi connectivity index (χ4n) is 2.29. The molecule has 0 N–H and O–H groups in total. The molecule has 0 aliphatic heterocycles. The number of hydrogen-bond donors (Lipinski definition) is 0. The average Bonchev–Trinajstić information content (AvgIpc) is 3.05. The normalized spacial score (nSPS) is 12.6. The first kappa shape index (κ1) is 17.9. The summed E-state index contributed by atoms with van der Waals surface area (Å²) in [5.74, 6) is -0.481. The lowest BCUT2D eigenvalue weighted by Crippen LogP contribution is -2.24. The van der Waals surface area contributed by atoms with Crippen molar-refractivity contribution in [2.45, 2.75) is 10.4 Å². The molecule has 0 saturated heterocycles. The van der Waals surface area contributed by atoms with Gasteiger partial charge in [-0.05, 0) is 11.6 Å². The van der Waals surface area contributed by atoms with Crippen molar-refractivity contribution in [3.05, 3.63) is 72.0 Å². The molecule has 0 radical (unpaired) electrons. The Balaban J connectivity index is 2.17. The highest BCUT2D eigenvalue weighted by molar-refractivity contribution is 7.92. The summed E-state index contributed by atoms with van der Waals surface area (Å²) < 4.78 is 68.6. The van der Waals surface area contributed by atoms with E-state index in [1.165, 1.54) is 18.2 Å². The molecule has 8 heteroatoms. The molecule has 0 aliphatic rings. The molecule has 3 rings (SSSR count). The van der Waals surface area contributed by atoms with Crippen LogP contribution in [0.3, 0.4) is 0 Å². The van der Waals surface area contributed by atoms with Gasteiger partial charge in [-0.2, -0.15) is 13.2 Å². The van der Waals surface area contributed by atoms with Gasteiger partial charge in [-0.1, -0.05) is 71.9 Å². The molecule has 26 heavy (non-hydrogen) atoms. The zero-order valence-corrected chi connectivity index (χ0v) is 14.0. The Bertz CT molecular complexity index is 1020. The molecule has 1 heterocycles. The summed E-state index contributed by atoms with van der Waals surface area (Å²) in [6.07, 6.45) is 2.61. The molecule has 2 aromatic carbocycles. The second-order valence-corrected chi connectivity index (χ2v) is 7.16. The Morgan fingerprint density at radius 2 is 1.46 bits per heavy atom. The van der Waals surface area contributed by atoms with Crippen LogP contribution in [0.25, 0.3) is 23.4 Å². The van der Waals surface area contributed by atoms with Crippen molar-refractivity contribution < 1.29 is 26.1 Å². The van der Waals surface area contributed by atoms with E-state index in [-0.39, 0.29) is 11.3 Å². The minimum atomic E-state index is -5.65. The smallest absolute Gasteiger partial charge is 0.355 e. The van der Waals surface area contributed by atoms with E-state index in [0.717, 1.165) is 6.08 Å². The van der Waals surface area contributed by atoms with Crippen molar-refractivity contribution in [2.24, 2.45) is 0 Å². The molecular formula is C18H12F3NO3S. The molecule has 0 spiro atoms. The van der Waals surface area contributed by atoms with Gasteiger partial charge in [0.1, 0.15) is 5.69 Å². The standard InChI is InChI=1S/C18H12F3NO3S/c19-18(20,21)26(23,24)17-15(12-11-13-7-3-1-4-8-13)25-22-16(17)14-9-5-2-6-10-14/h1-12H/b12-11+. The third-order valence-corrected chi connectivity index (χ3v) is 5.06. The minimum absolute atomic E-state index is 0.207. The van der Waals surface area contributed by atoms with E-state index in [2.05, 4.69) is 5.16 Å². The third-order valence-electron chi connectivity index (χ3n) is 3.52. The van der Waals surface area contributed by atoms with Crippen LogP contribution < -0.4 is 0 Å². The molecule has 4 nitrogen and oxygen atoms in total. The Hall–Kier alpha value is -2.87. The second kappa shape index (κ2) is 6.80. The van der Waals surface area contributed by atoms with Crippen LogP contribution in [0.2, 0.25) is 0 Å². The molecule has 134 valence electrons. The lowest BCUT2D eigenvalue weighted by molar-refractivity contribution is -0.0436. The van der Waals surface area contributed by atoms with Crippen LogP contribution in [-0.4, -0.2) is 19.1 Å². The molecule has 3 aromatic rings. The largest absolute Gasteiger partial charge is 0.502 e. The van der Waals surface area contributed by atoms with Gasteiger partial charge in [0.2, 0.25) is 0 Å². The number of nitrogens with zero attached hydrogens (tertiary/aromatic N) is 1. The van der Waals surface area contributed by atoms with Crippen LogP contribution in [0.5, 0.6) is 0 Å². The van der Waals surface area contributed by atoms with E-state index in [1.807, 2.05) is 0 Å². The first-order valence-corrected chi connectivity index (χ1v) is 8.88. The van der Waals surface area contributed by atoms with E-state index in [9.17, 15) is 21.6 Å². The summed E-state index contributed by atoms with van der Waals surface area (Å²) in [5, 5.41) is 3.57. The van der Waals surface area contributed by atoms with E-state index in [0.29, 0.717) is 5.56 Å². The topological polar surface area (TPSA) is 60.2 Å². The van der Waals surface area contributed by atoms with Crippen LogP contribution in [0.15, 0.2) is 70.1 Å². The van der Waals surface area contributed by atoms with Crippen LogP contribution in [0.1, 0.15) is 11.3 Å². The number of benzene rings is 2. The number of alkyl halides is 3. The average molecular weight is 379 g/mol. The predicted molar refractivity (Wildman–Crippen MR) is 90.5 cm³/mol. The van der Waals surface area contributed by atoms with Gasteiger partial charge in [0.25, 0.3) is 9.84 Å². The van der Waals surface area contributed by atoms with E-state index in [4.69, 9.17) is 4.52 Å². The van der Waals surface area contributed by atoms with Gasteiger partial charge in [0.05, 0.1) is 0 Å². The highest BCUT2D eigenvalue weighted by atomic mass is 32.2. The van der Waals surface area contributed by atoms with Crippen LogP contribution in [-0.2, 0) is 9.84 Å². The Labute approximate surface area is 147 Å². The number of halogens is 3. The summed E-state index contributed by atoms with van der Waals surface area (Å²) in [6.45, 7) is 0.